The third kappa shape index (κ3) is 3.91. The van der Waals surface area contributed by atoms with Crippen molar-refractivity contribution in [2.75, 3.05) is 12.4 Å². The quantitative estimate of drug-likeness (QED) is 0.891. The zero-order valence-corrected chi connectivity index (χ0v) is 14.5. The van der Waals surface area contributed by atoms with Crippen molar-refractivity contribution in [1.82, 2.24) is 9.88 Å². The van der Waals surface area contributed by atoms with Crippen LogP contribution in [-0.4, -0.2) is 28.9 Å². The molecular formula is C18H23N3OS. The normalized spacial score (nSPS) is 15.4. The second-order valence-corrected chi connectivity index (χ2v) is 7.10. The molecule has 122 valence electrons. The van der Waals surface area contributed by atoms with Crippen molar-refractivity contribution in [2.24, 2.45) is 0 Å². The van der Waals surface area contributed by atoms with Gasteiger partial charge in [0, 0.05) is 24.2 Å². The molecule has 1 aliphatic rings. The fourth-order valence-corrected chi connectivity index (χ4v) is 3.80. The van der Waals surface area contributed by atoms with E-state index in [9.17, 15) is 4.79 Å². The number of nitrogens with one attached hydrogen (secondary N) is 1. The SMILES string of the molecule is Cc1cccc(Nc2nc(C(=O)N(C)C3CCCCC3)cs2)c1. The van der Waals surface area contributed by atoms with Crippen LogP contribution in [0.25, 0.3) is 0 Å². The van der Waals surface area contributed by atoms with E-state index in [1.165, 1.54) is 36.2 Å². The molecule has 0 atom stereocenters. The lowest BCUT2D eigenvalue weighted by atomic mass is 9.94. The van der Waals surface area contributed by atoms with E-state index in [1.54, 1.807) is 0 Å². The molecular weight excluding hydrogens is 306 g/mol. The number of rotatable bonds is 4. The first kappa shape index (κ1) is 16.0. The van der Waals surface area contributed by atoms with E-state index in [4.69, 9.17) is 0 Å². The fraction of sp³-hybridized carbons (Fsp3) is 0.444. The standard InChI is InChI=1S/C18H23N3OS/c1-13-7-6-8-14(11-13)19-18-20-16(12-23-18)17(22)21(2)15-9-4-3-5-10-15/h6-8,11-12,15H,3-5,9-10H2,1-2H3,(H,19,20). The molecule has 3 rings (SSSR count). The van der Waals surface area contributed by atoms with Gasteiger partial charge in [0.2, 0.25) is 0 Å². The van der Waals surface area contributed by atoms with Gasteiger partial charge in [0.25, 0.3) is 5.91 Å². The van der Waals surface area contributed by atoms with Crippen LogP contribution in [0.15, 0.2) is 29.6 Å². The van der Waals surface area contributed by atoms with Crippen LogP contribution in [-0.2, 0) is 0 Å². The predicted molar refractivity (Wildman–Crippen MR) is 95.5 cm³/mol. The summed E-state index contributed by atoms with van der Waals surface area (Å²) in [5.41, 5.74) is 2.73. The first-order valence-corrected chi connectivity index (χ1v) is 9.08. The minimum Gasteiger partial charge on any atom is -0.337 e. The topological polar surface area (TPSA) is 45.2 Å². The molecule has 1 amide bonds. The summed E-state index contributed by atoms with van der Waals surface area (Å²) in [6.07, 6.45) is 5.96. The van der Waals surface area contributed by atoms with E-state index in [1.807, 2.05) is 29.5 Å². The Morgan fingerprint density at radius 2 is 2.09 bits per heavy atom. The molecule has 1 aliphatic carbocycles. The number of hydrogen-bond donors (Lipinski definition) is 1. The Morgan fingerprint density at radius 3 is 2.83 bits per heavy atom. The number of carbonyl (C=O) groups excluding carboxylic acids is 1. The number of benzene rings is 1. The number of hydrogen-bond acceptors (Lipinski definition) is 4. The maximum absolute atomic E-state index is 12.6. The summed E-state index contributed by atoms with van der Waals surface area (Å²) in [5, 5.41) is 5.88. The molecule has 0 aliphatic heterocycles. The number of carbonyl (C=O) groups is 1. The highest BCUT2D eigenvalue weighted by Crippen LogP contribution is 2.25. The molecule has 0 bridgehead atoms. The summed E-state index contributed by atoms with van der Waals surface area (Å²) in [4.78, 5) is 19.0. The first-order valence-electron chi connectivity index (χ1n) is 8.20. The highest BCUT2D eigenvalue weighted by molar-refractivity contribution is 7.14. The Morgan fingerprint density at radius 1 is 1.30 bits per heavy atom. The van der Waals surface area contributed by atoms with Gasteiger partial charge in [-0.1, -0.05) is 31.4 Å². The Hall–Kier alpha value is -1.88. The maximum atomic E-state index is 12.6. The van der Waals surface area contributed by atoms with Crippen LogP contribution in [0.3, 0.4) is 0 Å². The van der Waals surface area contributed by atoms with E-state index in [-0.39, 0.29) is 5.91 Å². The highest BCUT2D eigenvalue weighted by Gasteiger charge is 2.24. The van der Waals surface area contributed by atoms with Gasteiger partial charge in [-0.3, -0.25) is 4.79 Å². The average molecular weight is 329 g/mol. The third-order valence-electron chi connectivity index (χ3n) is 4.44. The molecule has 1 aromatic heterocycles. The number of aromatic nitrogens is 1. The van der Waals surface area contributed by atoms with Gasteiger partial charge in [-0.05, 0) is 37.5 Å². The summed E-state index contributed by atoms with van der Waals surface area (Å²) in [5.74, 6) is 0.0328. The second-order valence-electron chi connectivity index (χ2n) is 6.24. The van der Waals surface area contributed by atoms with Gasteiger partial charge in [-0.15, -0.1) is 11.3 Å². The van der Waals surface area contributed by atoms with Gasteiger partial charge in [-0.25, -0.2) is 4.98 Å². The van der Waals surface area contributed by atoms with Crippen molar-refractivity contribution >= 4 is 28.1 Å². The number of aryl methyl sites for hydroxylation is 1. The van der Waals surface area contributed by atoms with Gasteiger partial charge in [0.15, 0.2) is 5.13 Å². The van der Waals surface area contributed by atoms with Gasteiger partial charge in [-0.2, -0.15) is 0 Å². The fourth-order valence-electron chi connectivity index (χ4n) is 3.09. The maximum Gasteiger partial charge on any atom is 0.273 e. The minimum atomic E-state index is 0.0328. The van der Waals surface area contributed by atoms with Crippen LogP contribution in [0.2, 0.25) is 0 Å². The molecule has 0 saturated heterocycles. The molecule has 1 saturated carbocycles. The summed E-state index contributed by atoms with van der Waals surface area (Å²) >= 11 is 1.47. The monoisotopic (exact) mass is 329 g/mol. The van der Waals surface area contributed by atoms with Crippen molar-refractivity contribution < 1.29 is 4.79 Å². The Bertz CT molecular complexity index is 676. The number of anilines is 2. The molecule has 5 heteroatoms. The summed E-state index contributed by atoms with van der Waals surface area (Å²) in [6.45, 7) is 2.06. The number of thiazole rings is 1. The molecule has 2 aromatic rings. The molecule has 1 fully saturated rings. The molecule has 23 heavy (non-hydrogen) atoms. The summed E-state index contributed by atoms with van der Waals surface area (Å²) in [6, 6.07) is 8.50. The smallest absolute Gasteiger partial charge is 0.273 e. The Kier molecular flexibility index (Phi) is 4.96. The molecule has 0 radical (unpaired) electrons. The van der Waals surface area contributed by atoms with E-state index in [2.05, 4.69) is 29.4 Å². The van der Waals surface area contributed by atoms with Gasteiger partial charge in [0.1, 0.15) is 5.69 Å². The lowest BCUT2D eigenvalue weighted by Gasteiger charge is -2.30. The molecule has 1 N–H and O–H groups in total. The van der Waals surface area contributed by atoms with Crippen molar-refractivity contribution in [3.8, 4) is 0 Å². The number of amides is 1. The molecule has 1 heterocycles. The Labute approximate surface area is 141 Å². The number of nitrogens with zero attached hydrogens (tertiary/aromatic N) is 2. The predicted octanol–water partition coefficient (Wildman–Crippen LogP) is 4.60. The van der Waals surface area contributed by atoms with E-state index < -0.39 is 0 Å². The first-order chi connectivity index (χ1) is 11.1. The molecule has 4 nitrogen and oxygen atoms in total. The van der Waals surface area contributed by atoms with E-state index in [0.29, 0.717) is 11.7 Å². The van der Waals surface area contributed by atoms with Crippen molar-refractivity contribution in [2.45, 2.75) is 45.1 Å². The van der Waals surface area contributed by atoms with Crippen LogP contribution in [0.5, 0.6) is 0 Å². The lowest BCUT2D eigenvalue weighted by molar-refractivity contribution is 0.0691. The highest BCUT2D eigenvalue weighted by atomic mass is 32.1. The second kappa shape index (κ2) is 7.13. The van der Waals surface area contributed by atoms with E-state index in [0.717, 1.165) is 23.7 Å². The average Bonchev–Trinajstić information content (AvgIpc) is 3.03. The minimum absolute atomic E-state index is 0.0328. The molecule has 1 aromatic carbocycles. The van der Waals surface area contributed by atoms with Gasteiger partial charge >= 0.3 is 0 Å². The summed E-state index contributed by atoms with van der Waals surface area (Å²) in [7, 11) is 1.91. The van der Waals surface area contributed by atoms with Crippen LogP contribution in [0.4, 0.5) is 10.8 Å². The van der Waals surface area contributed by atoms with Crippen LogP contribution < -0.4 is 5.32 Å². The summed E-state index contributed by atoms with van der Waals surface area (Å²) < 4.78 is 0. The van der Waals surface area contributed by atoms with Crippen LogP contribution in [0, 0.1) is 6.92 Å². The van der Waals surface area contributed by atoms with Crippen molar-refractivity contribution in [3.63, 3.8) is 0 Å². The lowest BCUT2D eigenvalue weighted by Crippen LogP contribution is -2.38. The van der Waals surface area contributed by atoms with E-state index >= 15 is 0 Å². The zero-order valence-electron chi connectivity index (χ0n) is 13.7. The largest absolute Gasteiger partial charge is 0.337 e. The van der Waals surface area contributed by atoms with Gasteiger partial charge < -0.3 is 10.2 Å². The zero-order chi connectivity index (χ0) is 16.2. The van der Waals surface area contributed by atoms with Crippen molar-refractivity contribution in [1.29, 1.82) is 0 Å². The molecule has 0 unspecified atom stereocenters. The van der Waals surface area contributed by atoms with Crippen molar-refractivity contribution in [3.05, 3.63) is 40.9 Å². The Balaban J connectivity index is 1.67. The molecule has 0 spiro atoms. The van der Waals surface area contributed by atoms with Crippen LogP contribution in [0.1, 0.15) is 48.2 Å². The van der Waals surface area contributed by atoms with Crippen LogP contribution >= 0.6 is 11.3 Å². The van der Waals surface area contributed by atoms with Gasteiger partial charge in [0.05, 0.1) is 0 Å². The third-order valence-corrected chi connectivity index (χ3v) is 5.19.